The molecule has 1 atom stereocenters. The van der Waals surface area contributed by atoms with Crippen molar-refractivity contribution in [3.05, 3.63) is 18.0 Å². The Kier molecular flexibility index (Phi) is 5.55. The van der Waals surface area contributed by atoms with E-state index in [1.807, 2.05) is 13.8 Å². The van der Waals surface area contributed by atoms with Gasteiger partial charge in [-0.15, -0.1) is 0 Å². The molecule has 0 aromatic carbocycles. The van der Waals surface area contributed by atoms with E-state index in [4.69, 9.17) is 4.74 Å². The van der Waals surface area contributed by atoms with Crippen molar-refractivity contribution in [2.45, 2.75) is 45.6 Å². The molecule has 114 valence electrons. The first-order chi connectivity index (χ1) is 9.24. The monoisotopic (exact) mass is 293 g/mol. The maximum Gasteiger partial charge on any atom is 0.435 e. The van der Waals surface area contributed by atoms with E-state index >= 15 is 0 Å². The van der Waals surface area contributed by atoms with Gasteiger partial charge >= 0.3 is 12.1 Å². The van der Waals surface area contributed by atoms with Gasteiger partial charge in [0.1, 0.15) is 6.04 Å². The Hall–Kier alpha value is -1.57. The lowest BCUT2D eigenvalue weighted by atomic mass is 10.2. The fraction of sp³-hybridized carbons (Fsp3) is 0.667. The highest BCUT2D eigenvalue weighted by molar-refractivity contribution is 5.75. The van der Waals surface area contributed by atoms with Gasteiger partial charge in [0, 0.05) is 12.2 Å². The summed E-state index contributed by atoms with van der Waals surface area (Å²) in [5.41, 5.74) is -0.982. The van der Waals surface area contributed by atoms with Crippen LogP contribution < -0.4 is 5.32 Å². The number of nitrogens with one attached hydrogen (secondary N) is 1. The Morgan fingerprint density at radius 3 is 2.60 bits per heavy atom. The smallest absolute Gasteiger partial charge is 0.435 e. The van der Waals surface area contributed by atoms with Crippen molar-refractivity contribution in [1.29, 1.82) is 0 Å². The molecule has 1 aromatic heterocycles. The highest BCUT2D eigenvalue weighted by atomic mass is 19.4. The van der Waals surface area contributed by atoms with Gasteiger partial charge in [-0.25, -0.2) is 0 Å². The van der Waals surface area contributed by atoms with E-state index in [2.05, 4.69) is 10.4 Å². The van der Waals surface area contributed by atoms with Gasteiger partial charge in [0.05, 0.1) is 13.2 Å². The number of carbonyl (C=O) groups is 1. The van der Waals surface area contributed by atoms with Crippen molar-refractivity contribution in [1.82, 2.24) is 15.1 Å². The summed E-state index contributed by atoms with van der Waals surface area (Å²) >= 11 is 0. The van der Waals surface area contributed by atoms with Crippen LogP contribution in [0.5, 0.6) is 0 Å². The van der Waals surface area contributed by atoms with Crippen LogP contribution in [0.4, 0.5) is 13.2 Å². The molecule has 1 unspecified atom stereocenters. The summed E-state index contributed by atoms with van der Waals surface area (Å²) in [6.45, 7) is 5.52. The van der Waals surface area contributed by atoms with Crippen molar-refractivity contribution in [2.24, 2.45) is 0 Å². The molecule has 1 heterocycles. The number of carbonyl (C=O) groups excluding carboxylic acids is 1. The van der Waals surface area contributed by atoms with Crippen LogP contribution in [0.3, 0.4) is 0 Å². The minimum Gasteiger partial charge on any atom is -0.465 e. The fourth-order valence-corrected chi connectivity index (χ4v) is 1.64. The van der Waals surface area contributed by atoms with Crippen molar-refractivity contribution in [3.8, 4) is 0 Å². The Bertz CT molecular complexity index is 443. The summed E-state index contributed by atoms with van der Waals surface area (Å²) in [5.74, 6) is -0.509. The first-order valence-electron chi connectivity index (χ1n) is 6.27. The number of aromatic nitrogens is 2. The molecule has 0 spiro atoms. The zero-order valence-corrected chi connectivity index (χ0v) is 11.6. The number of hydrogen-bond acceptors (Lipinski definition) is 4. The number of rotatable bonds is 6. The van der Waals surface area contributed by atoms with E-state index in [9.17, 15) is 18.0 Å². The van der Waals surface area contributed by atoms with Gasteiger partial charge in [0.2, 0.25) is 0 Å². The number of esters is 1. The molecule has 0 amide bonds. The highest BCUT2D eigenvalue weighted by Gasteiger charge is 2.34. The van der Waals surface area contributed by atoms with Gasteiger partial charge in [-0.1, -0.05) is 13.8 Å². The predicted octanol–water partition coefficient (Wildman–Crippen LogP) is 1.83. The first kappa shape index (κ1) is 16.5. The molecule has 0 saturated carbocycles. The molecule has 0 saturated heterocycles. The summed E-state index contributed by atoms with van der Waals surface area (Å²) in [4.78, 5) is 11.7. The SMILES string of the molecule is CCOC(=O)C(Cn1ccc(C(F)(F)F)n1)NC(C)C. The molecule has 0 radical (unpaired) electrons. The Balaban J connectivity index is 2.79. The summed E-state index contributed by atoms with van der Waals surface area (Å²) < 4.78 is 43.3. The summed E-state index contributed by atoms with van der Waals surface area (Å²) in [6, 6.07) is 0.121. The molecular weight excluding hydrogens is 275 g/mol. The third-order valence-corrected chi connectivity index (χ3v) is 2.41. The van der Waals surface area contributed by atoms with Crippen molar-refractivity contribution < 1.29 is 22.7 Å². The number of hydrogen-bond donors (Lipinski definition) is 1. The maximum absolute atomic E-state index is 12.4. The average Bonchev–Trinajstić information content (AvgIpc) is 2.76. The molecule has 0 aliphatic rings. The summed E-state index contributed by atoms with van der Waals surface area (Å²) in [6.07, 6.45) is -3.30. The first-order valence-corrected chi connectivity index (χ1v) is 6.27. The normalized spacial score (nSPS) is 13.6. The van der Waals surface area contributed by atoms with Crippen molar-refractivity contribution in [3.63, 3.8) is 0 Å². The third kappa shape index (κ3) is 4.84. The van der Waals surface area contributed by atoms with Crippen LogP contribution in [-0.4, -0.2) is 34.4 Å². The molecule has 0 bridgehead atoms. The van der Waals surface area contributed by atoms with Gasteiger partial charge < -0.3 is 10.1 Å². The standard InChI is InChI=1S/C12H18F3N3O2/c1-4-20-11(19)9(16-8(2)3)7-18-6-5-10(17-18)12(13,14)15/h5-6,8-9,16H,4,7H2,1-3H3. The Morgan fingerprint density at radius 2 is 2.15 bits per heavy atom. The highest BCUT2D eigenvalue weighted by Crippen LogP contribution is 2.27. The molecule has 0 aliphatic carbocycles. The van der Waals surface area contributed by atoms with E-state index in [0.717, 1.165) is 10.7 Å². The zero-order valence-electron chi connectivity index (χ0n) is 11.6. The number of halogens is 3. The minimum atomic E-state index is -4.49. The van der Waals surface area contributed by atoms with Crippen LogP contribution >= 0.6 is 0 Å². The van der Waals surface area contributed by atoms with Gasteiger partial charge in [0.15, 0.2) is 5.69 Å². The quantitative estimate of drug-likeness (QED) is 0.813. The second-order valence-corrected chi connectivity index (χ2v) is 4.55. The molecule has 20 heavy (non-hydrogen) atoms. The summed E-state index contributed by atoms with van der Waals surface area (Å²) in [7, 11) is 0. The van der Waals surface area contributed by atoms with Crippen LogP contribution in [0.2, 0.25) is 0 Å². The third-order valence-electron chi connectivity index (χ3n) is 2.41. The van der Waals surface area contributed by atoms with E-state index in [0.29, 0.717) is 0 Å². The number of ether oxygens (including phenoxy) is 1. The topological polar surface area (TPSA) is 56.2 Å². The van der Waals surface area contributed by atoms with Crippen LogP contribution in [0.1, 0.15) is 26.5 Å². The molecule has 1 N–H and O–H groups in total. The average molecular weight is 293 g/mol. The van der Waals surface area contributed by atoms with E-state index in [1.165, 1.54) is 6.20 Å². The molecule has 8 heteroatoms. The maximum atomic E-state index is 12.4. The molecule has 0 fully saturated rings. The van der Waals surface area contributed by atoms with Gasteiger partial charge in [-0.3, -0.25) is 9.48 Å². The largest absolute Gasteiger partial charge is 0.465 e. The Morgan fingerprint density at radius 1 is 1.50 bits per heavy atom. The van der Waals surface area contributed by atoms with Crippen LogP contribution in [-0.2, 0) is 22.3 Å². The Labute approximate surface area is 115 Å². The van der Waals surface area contributed by atoms with E-state index in [1.54, 1.807) is 6.92 Å². The van der Waals surface area contributed by atoms with Gasteiger partial charge in [0.25, 0.3) is 0 Å². The lowest BCUT2D eigenvalue weighted by Gasteiger charge is -2.19. The van der Waals surface area contributed by atoms with Crippen LogP contribution in [0.15, 0.2) is 12.3 Å². The fourth-order valence-electron chi connectivity index (χ4n) is 1.64. The van der Waals surface area contributed by atoms with Crippen molar-refractivity contribution >= 4 is 5.97 Å². The van der Waals surface area contributed by atoms with Crippen molar-refractivity contribution in [2.75, 3.05) is 6.61 Å². The lowest BCUT2D eigenvalue weighted by molar-refractivity contribution is -0.146. The van der Waals surface area contributed by atoms with Gasteiger partial charge in [-0.2, -0.15) is 18.3 Å². The van der Waals surface area contributed by atoms with Gasteiger partial charge in [-0.05, 0) is 13.0 Å². The van der Waals surface area contributed by atoms with Crippen LogP contribution in [0, 0.1) is 0 Å². The number of nitrogens with zero attached hydrogens (tertiary/aromatic N) is 2. The molecular formula is C12H18F3N3O2. The molecule has 5 nitrogen and oxygen atoms in total. The minimum absolute atomic E-state index is 0.0120. The van der Waals surface area contributed by atoms with E-state index < -0.39 is 23.9 Å². The van der Waals surface area contributed by atoms with E-state index in [-0.39, 0.29) is 19.2 Å². The number of alkyl halides is 3. The molecule has 1 rings (SSSR count). The lowest BCUT2D eigenvalue weighted by Crippen LogP contribution is -2.44. The van der Waals surface area contributed by atoms with Crippen LogP contribution in [0.25, 0.3) is 0 Å². The molecule has 1 aromatic rings. The summed E-state index contributed by atoms with van der Waals surface area (Å²) in [5, 5.41) is 6.36. The second kappa shape index (κ2) is 6.74. The predicted molar refractivity (Wildman–Crippen MR) is 65.9 cm³/mol. The zero-order chi connectivity index (χ0) is 15.3. The molecule has 0 aliphatic heterocycles. The second-order valence-electron chi connectivity index (χ2n) is 4.55.